The Hall–Kier alpha value is -3.60. The van der Waals surface area contributed by atoms with Crippen LogP contribution in [-0.2, 0) is 10.5 Å². The molecular weight excluding hydrogens is 374 g/mol. The Morgan fingerprint density at radius 2 is 1.57 bits per heavy atom. The first kappa shape index (κ1) is 18.4. The van der Waals surface area contributed by atoms with E-state index in [2.05, 4.69) is 12.2 Å². The minimum atomic E-state index is -1.31. The van der Waals surface area contributed by atoms with Crippen LogP contribution in [0.25, 0.3) is 0 Å². The number of amides is 2. The highest BCUT2D eigenvalue weighted by Crippen LogP contribution is 2.49. The van der Waals surface area contributed by atoms with Crippen molar-refractivity contribution in [3.05, 3.63) is 90.0 Å². The third-order valence-corrected chi connectivity index (χ3v) is 5.90. The Balaban J connectivity index is 1.78. The van der Waals surface area contributed by atoms with Crippen molar-refractivity contribution >= 4 is 28.9 Å². The van der Waals surface area contributed by atoms with Crippen molar-refractivity contribution in [2.75, 3.05) is 21.7 Å². The molecule has 1 spiro atoms. The fourth-order valence-electron chi connectivity index (χ4n) is 4.50. The van der Waals surface area contributed by atoms with Gasteiger partial charge in [-0.25, -0.2) is 0 Å². The van der Waals surface area contributed by atoms with E-state index in [0.29, 0.717) is 23.5 Å². The van der Waals surface area contributed by atoms with Gasteiger partial charge in [0.15, 0.2) is 0 Å². The van der Waals surface area contributed by atoms with E-state index in [1.54, 1.807) is 11.0 Å². The summed E-state index contributed by atoms with van der Waals surface area (Å²) in [7, 11) is 0. The van der Waals surface area contributed by atoms with Gasteiger partial charge in [0.25, 0.3) is 11.8 Å². The van der Waals surface area contributed by atoms with E-state index in [-0.39, 0.29) is 11.8 Å². The number of rotatable bonds is 4. The maximum absolute atomic E-state index is 14.1. The van der Waals surface area contributed by atoms with E-state index < -0.39 is 5.66 Å². The summed E-state index contributed by atoms with van der Waals surface area (Å²) in [6.45, 7) is 2.73. The number of fused-ring (bicyclic) bond motifs is 3. The summed E-state index contributed by atoms with van der Waals surface area (Å²) in [5.41, 5.74) is 2.27. The first-order valence-corrected chi connectivity index (χ1v) is 10.4. The number of nitrogens with one attached hydrogen (secondary N) is 1. The Labute approximate surface area is 175 Å². The van der Waals surface area contributed by atoms with Crippen molar-refractivity contribution in [2.45, 2.75) is 25.4 Å². The van der Waals surface area contributed by atoms with Crippen LogP contribution in [-0.4, -0.2) is 18.4 Å². The van der Waals surface area contributed by atoms with Gasteiger partial charge < -0.3 is 10.2 Å². The van der Waals surface area contributed by atoms with Crippen molar-refractivity contribution < 1.29 is 9.59 Å². The second-order valence-electron chi connectivity index (χ2n) is 7.68. The lowest BCUT2D eigenvalue weighted by Gasteiger charge is -2.45. The molecule has 0 bridgehead atoms. The molecule has 0 aliphatic carbocycles. The zero-order valence-corrected chi connectivity index (χ0v) is 16.8. The predicted molar refractivity (Wildman–Crippen MR) is 119 cm³/mol. The summed E-state index contributed by atoms with van der Waals surface area (Å²) < 4.78 is 0. The van der Waals surface area contributed by atoms with Gasteiger partial charge in [-0.1, -0.05) is 61.9 Å². The molecule has 1 N–H and O–H groups in total. The maximum atomic E-state index is 14.1. The van der Waals surface area contributed by atoms with Crippen molar-refractivity contribution in [1.29, 1.82) is 0 Å². The Bertz CT molecular complexity index is 1130. The van der Waals surface area contributed by atoms with Crippen molar-refractivity contribution in [1.82, 2.24) is 0 Å². The Morgan fingerprint density at radius 1 is 0.867 bits per heavy atom. The molecule has 0 saturated heterocycles. The summed E-state index contributed by atoms with van der Waals surface area (Å²) in [6, 6.07) is 24.6. The fraction of sp³-hybridized carbons (Fsp3) is 0.200. The second-order valence-corrected chi connectivity index (χ2v) is 7.68. The first-order valence-electron chi connectivity index (χ1n) is 10.4. The summed E-state index contributed by atoms with van der Waals surface area (Å²) >= 11 is 0. The minimum Gasteiger partial charge on any atom is -0.350 e. The summed E-state index contributed by atoms with van der Waals surface area (Å²) in [5.74, 6) is -0.306. The molecule has 2 aliphatic rings. The topological polar surface area (TPSA) is 52.7 Å². The number of carbonyl (C=O) groups excluding carboxylic acids is 2. The molecule has 3 aromatic rings. The molecule has 5 heteroatoms. The first-order chi connectivity index (χ1) is 14.7. The lowest BCUT2D eigenvalue weighted by molar-refractivity contribution is -0.122. The predicted octanol–water partition coefficient (Wildman–Crippen LogP) is 4.76. The number of hydrogen-bond donors (Lipinski definition) is 1. The van der Waals surface area contributed by atoms with Gasteiger partial charge in [-0.2, -0.15) is 0 Å². The SMILES string of the molecule is CCCCN1C(=O)C2(Nc3ccccc3C(=O)N2c2ccccc2)c2ccccc21. The van der Waals surface area contributed by atoms with E-state index in [9.17, 15) is 9.59 Å². The number of benzene rings is 3. The number of hydrogen-bond acceptors (Lipinski definition) is 3. The van der Waals surface area contributed by atoms with Crippen molar-refractivity contribution in [3.63, 3.8) is 0 Å². The van der Waals surface area contributed by atoms with Crippen LogP contribution in [0.5, 0.6) is 0 Å². The lowest BCUT2D eigenvalue weighted by atomic mass is 9.92. The molecule has 3 aromatic carbocycles. The average molecular weight is 397 g/mol. The van der Waals surface area contributed by atoms with Crippen LogP contribution in [0.4, 0.5) is 17.1 Å². The number of unbranched alkanes of at least 4 members (excludes halogenated alkanes) is 1. The van der Waals surface area contributed by atoms with Gasteiger partial charge in [-0.3, -0.25) is 14.5 Å². The van der Waals surface area contributed by atoms with Crippen LogP contribution in [0.2, 0.25) is 0 Å². The van der Waals surface area contributed by atoms with Crippen LogP contribution < -0.4 is 15.1 Å². The second kappa shape index (κ2) is 7.02. The maximum Gasteiger partial charge on any atom is 0.279 e. The minimum absolute atomic E-state index is 0.121. The molecule has 150 valence electrons. The molecule has 30 heavy (non-hydrogen) atoms. The quantitative estimate of drug-likeness (QED) is 0.691. The standard InChI is InChI=1S/C25H23N3O2/c1-2-3-17-27-22-16-10-8-14-20(22)25(24(27)30)26-21-15-9-7-13-19(21)23(29)28(25)18-11-5-4-6-12-18/h4-16,26H,2-3,17H2,1H3. The van der Waals surface area contributed by atoms with Crippen LogP contribution in [0, 0.1) is 0 Å². The summed E-state index contributed by atoms with van der Waals surface area (Å²) in [5, 5.41) is 3.48. The van der Waals surface area contributed by atoms with Gasteiger partial charge >= 0.3 is 0 Å². The van der Waals surface area contributed by atoms with Gasteiger partial charge in [0.05, 0.1) is 11.3 Å². The molecule has 5 nitrogen and oxygen atoms in total. The molecule has 0 saturated carbocycles. The largest absolute Gasteiger partial charge is 0.350 e. The van der Waals surface area contributed by atoms with Crippen LogP contribution in [0.15, 0.2) is 78.9 Å². The molecule has 0 fully saturated rings. The summed E-state index contributed by atoms with van der Waals surface area (Å²) in [4.78, 5) is 31.3. The van der Waals surface area contributed by atoms with E-state index in [1.807, 2.05) is 77.7 Å². The zero-order chi connectivity index (χ0) is 20.7. The highest BCUT2D eigenvalue weighted by Gasteiger charge is 2.59. The van der Waals surface area contributed by atoms with Gasteiger partial charge in [0, 0.05) is 23.5 Å². The average Bonchev–Trinajstić information content (AvgIpc) is 3.01. The van der Waals surface area contributed by atoms with Gasteiger partial charge in [0.2, 0.25) is 5.66 Å². The zero-order valence-electron chi connectivity index (χ0n) is 16.8. The van der Waals surface area contributed by atoms with E-state index in [1.165, 1.54) is 0 Å². The Kier molecular flexibility index (Phi) is 4.31. The number of para-hydroxylation sites is 3. The van der Waals surface area contributed by atoms with Crippen molar-refractivity contribution in [2.24, 2.45) is 0 Å². The summed E-state index contributed by atoms with van der Waals surface area (Å²) in [6.07, 6.45) is 1.88. The van der Waals surface area contributed by atoms with E-state index >= 15 is 0 Å². The van der Waals surface area contributed by atoms with Gasteiger partial charge in [-0.15, -0.1) is 0 Å². The smallest absolute Gasteiger partial charge is 0.279 e. The Morgan fingerprint density at radius 3 is 2.37 bits per heavy atom. The highest BCUT2D eigenvalue weighted by atomic mass is 16.2. The highest BCUT2D eigenvalue weighted by molar-refractivity contribution is 6.22. The number of nitrogens with zero attached hydrogens (tertiary/aromatic N) is 2. The van der Waals surface area contributed by atoms with Crippen LogP contribution in [0.1, 0.15) is 35.7 Å². The normalized spacial score (nSPS) is 19.6. The van der Waals surface area contributed by atoms with Crippen molar-refractivity contribution in [3.8, 4) is 0 Å². The molecule has 0 aromatic heterocycles. The van der Waals surface area contributed by atoms with E-state index in [0.717, 1.165) is 24.1 Å². The number of anilines is 3. The monoisotopic (exact) mass is 397 g/mol. The molecule has 1 atom stereocenters. The fourth-order valence-corrected chi connectivity index (χ4v) is 4.50. The number of carbonyl (C=O) groups is 2. The third kappa shape index (κ3) is 2.48. The molecule has 5 rings (SSSR count). The van der Waals surface area contributed by atoms with Gasteiger partial charge in [-0.05, 0) is 36.8 Å². The molecule has 2 aliphatic heterocycles. The van der Waals surface area contributed by atoms with Crippen LogP contribution in [0.3, 0.4) is 0 Å². The molecular formula is C25H23N3O2. The lowest BCUT2D eigenvalue weighted by Crippen LogP contribution is -2.63. The van der Waals surface area contributed by atoms with Crippen LogP contribution >= 0.6 is 0 Å². The molecule has 0 radical (unpaired) electrons. The molecule has 1 unspecified atom stereocenters. The molecule has 2 heterocycles. The van der Waals surface area contributed by atoms with E-state index in [4.69, 9.17) is 0 Å². The van der Waals surface area contributed by atoms with Gasteiger partial charge in [0.1, 0.15) is 0 Å². The third-order valence-electron chi connectivity index (χ3n) is 5.90. The molecule has 2 amide bonds.